The molecule has 31 heavy (non-hydrogen) atoms. The molecule has 0 fully saturated rings. The molecule has 162 valence electrons. The van der Waals surface area contributed by atoms with Gasteiger partial charge in [-0.2, -0.15) is 0 Å². The molecule has 3 aromatic rings. The summed E-state index contributed by atoms with van der Waals surface area (Å²) in [6.45, 7) is 1.51. The average molecular weight is 456 g/mol. The summed E-state index contributed by atoms with van der Waals surface area (Å²) >= 11 is 11.5. The summed E-state index contributed by atoms with van der Waals surface area (Å²) < 4.78 is 5.55. The van der Waals surface area contributed by atoms with Crippen LogP contribution in [0.15, 0.2) is 78.9 Å². The number of nitrogens with one attached hydrogen (secondary N) is 3. The fourth-order valence-electron chi connectivity index (χ4n) is 2.87. The maximum absolute atomic E-state index is 10.0. The van der Waals surface area contributed by atoms with Gasteiger partial charge in [-0.3, -0.25) is 0 Å². The van der Waals surface area contributed by atoms with Gasteiger partial charge in [0.15, 0.2) is 5.11 Å². The number of hydrogen-bond donors (Lipinski definition) is 4. The van der Waals surface area contributed by atoms with Crippen LogP contribution in [0.25, 0.3) is 0 Å². The van der Waals surface area contributed by atoms with Gasteiger partial charge in [0.05, 0.1) is 10.7 Å². The summed E-state index contributed by atoms with van der Waals surface area (Å²) in [4.78, 5) is 0. The smallest absolute Gasteiger partial charge is 0.175 e. The Morgan fingerprint density at radius 2 is 1.65 bits per heavy atom. The Bertz CT molecular complexity index is 955. The van der Waals surface area contributed by atoms with Crippen LogP contribution in [0.2, 0.25) is 5.02 Å². The SMILES string of the molecule is O[C@@H](CNCCc1ccc(NC(=S)Nc2ccccc2Cl)cc1)COc1ccccc1. The van der Waals surface area contributed by atoms with Crippen LogP contribution in [-0.2, 0) is 6.42 Å². The van der Waals surface area contributed by atoms with E-state index in [9.17, 15) is 5.11 Å². The fourth-order valence-corrected chi connectivity index (χ4v) is 3.28. The lowest BCUT2D eigenvalue weighted by Crippen LogP contribution is -2.32. The zero-order valence-corrected chi connectivity index (χ0v) is 18.6. The van der Waals surface area contributed by atoms with E-state index in [2.05, 4.69) is 28.1 Å². The van der Waals surface area contributed by atoms with Gasteiger partial charge >= 0.3 is 0 Å². The Kier molecular flexibility index (Phi) is 9.12. The van der Waals surface area contributed by atoms with E-state index in [4.69, 9.17) is 28.6 Å². The monoisotopic (exact) mass is 455 g/mol. The lowest BCUT2D eigenvalue weighted by Gasteiger charge is -2.14. The van der Waals surface area contributed by atoms with Gasteiger partial charge < -0.3 is 25.8 Å². The maximum Gasteiger partial charge on any atom is 0.175 e. The topological polar surface area (TPSA) is 65.5 Å². The van der Waals surface area contributed by atoms with Gasteiger partial charge in [0.25, 0.3) is 0 Å². The molecule has 0 heterocycles. The number of para-hydroxylation sites is 2. The lowest BCUT2D eigenvalue weighted by atomic mass is 10.1. The van der Waals surface area contributed by atoms with Gasteiger partial charge in [0.2, 0.25) is 0 Å². The second-order valence-electron chi connectivity index (χ2n) is 6.99. The molecule has 7 heteroatoms. The largest absolute Gasteiger partial charge is 0.491 e. The van der Waals surface area contributed by atoms with Gasteiger partial charge in [0, 0.05) is 12.2 Å². The molecular weight excluding hydrogens is 430 g/mol. The van der Waals surface area contributed by atoms with Crippen LogP contribution in [-0.4, -0.2) is 36.0 Å². The summed E-state index contributed by atoms with van der Waals surface area (Å²) in [7, 11) is 0. The number of aliphatic hydroxyl groups excluding tert-OH is 1. The summed E-state index contributed by atoms with van der Waals surface area (Å²) in [5, 5.41) is 20.6. The third kappa shape index (κ3) is 8.19. The first-order valence-corrected chi connectivity index (χ1v) is 10.9. The molecular formula is C24H26ClN3O2S. The Hall–Kier alpha value is -2.64. The van der Waals surface area contributed by atoms with E-state index in [-0.39, 0.29) is 6.61 Å². The fraction of sp³-hybridized carbons (Fsp3) is 0.208. The minimum Gasteiger partial charge on any atom is -0.491 e. The zero-order valence-electron chi connectivity index (χ0n) is 17.1. The predicted molar refractivity (Wildman–Crippen MR) is 132 cm³/mol. The van der Waals surface area contributed by atoms with Crippen molar-refractivity contribution in [3.63, 3.8) is 0 Å². The Labute approximate surface area is 193 Å². The molecule has 0 unspecified atom stereocenters. The highest BCUT2D eigenvalue weighted by molar-refractivity contribution is 7.80. The van der Waals surface area contributed by atoms with Crippen LogP contribution < -0.4 is 20.7 Å². The molecule has 0 amide bonds. The Morgan fingerprint density at radius 1 is 0.935 bits per heavy atom. The molecule has 0 radical (unpaired) electrons. The number of rotatable bonds is 10. The lowest BCUT2D eigenvalue weighted by molar-refractivity contribution is 0.106. The molecule has 0 aliphatic carbocycles. The van der Waals surface area contributed by atoms with Gasteiger partial charge in [-0.05, 0) is 67.1 Å². The predicted octanol–water partition coefficient (Wildman–Crippen LogP) is 4.72. The van der Waals surface area contributed by atoms with Crippen molar-refractivity contribution in [2.45, 2.75) is 12.5 Å². The van der Waals surface area contributed by atoms with Crippen molar-refractivity contribution >= 4 is 40.3 Å². The van der Waals surface area contributed by atoms with Crippen LogP contribution in [0.4, 0.5) is 11.4 Å². The molecule has 0 aliphatic heterocycles. The molecule has 3 rings (SSSR count). The standard InChI is InChI=1S/C24H26ClN3O2S/c25-22-8-4-5-9-23(22)28-24(31)27-19-12-10-18(11-13-19)14-15-26-16-20(29)17-30-21-6-2-1-3-7-21/h1-13,20,26,29H,14-17H2,(H2,27,28,31)/t20-/m0/s1. The minimum absolute atomic E-state index is 0.263. The zero-order chi connectivity index (χ0) is 21.9. The molecule has 4 N–H and O–H groups in total. The highest BCUT2D eigenvalue weighted by atomic mass is 35.5. The minimum atomic E-state index is -0.557. The second-order valence-corrected chi connectivity index (χ2v) is 7.80. The highest BCUT2D eigenvalue weighted by Crippen LogP contribution is 2.21. The van der Waals surface area contributed by atoms with Gasteiger partial charge in [-0.25, -0.2) is 0 Å². The number of benzene rings is 3. The molecule has 3 aromatic carbocycles. The number of hydrogen-bond acceptors (Lipinski definition) is 4. The van der Waals surface area contributed by atoms with E-state index in [1.54, 1.807) is 0 Å². The van der Waals surface area contributed by atoms with E-state index in [0.29, 0.717) is 16.7 Å². The van der Waals surface area contributed by atoms with Crippen LogP contribution in [0.1, 0.15) is 5.56 Å². The summed E-state index contributed by atoms with van der Waals surface area (Å²) in [5.41, 5.74) is 2.86. The first-order valence-electron chi connectivity index (χ1n) is 10.1. The molecule has 0 aliphatic rings. The van der Waals surface area contributed by atoms with Crippen molar-refractivity contribution in [2.75, 3.05) is 30.3 Å². The van der Waals surface area contributed by atoms with E-state index in [0.717, 1.165) is 30.1 Å². The second kappa shape index (κ2) is 12.3. The Morgan fingerprint density at radius 3 is 2.39 bits per heavy atom. The van der Waals surface area contributed by atoms with Crippen LogP contribution >= 0.6 is 23.8 Å². The molecule has 0 aromatic heterocycles. The van der Waals surface area contributed by atoms with Crippen LogP contribution in [0, 0.1) is 0 Å². The third-order valence-electron chi connectivity index (χ3n) is 4.49. The molecule has 0 bridgehead atoms. The van der Waals surface area contributed by atoms with Gasteiger partial charge in [0.1, 0.15) is 18.5 Å². The van der Waals surface area contributed by atoms with Crippen LogP contribution in [0.3, 0.4) is 0 Å². The van der Waals surface area contributed by atoms with E-state index >= 15 is 0 Å². The van der Waals surface area contributed by atoms with Crippen molar-refractivity contribution < 1.29 is 9.84 Å². The number of anilines is 2. The number of halogens is 1. The van der Waals surface area contributed by atoms with E-state index < -0.39 is 6.10 Å². The quantitative estimate of drug-likeness (QED) is 0.262. The van der Waals surface area contributed by atoms with Gasteiger partial charge in [-0.15, -0.1) is 0 Å². The third-order valence-corrected chi connectivity index (χ3v) is 5.02. The van der Waals surface area contributed by atoms with Crippen molar-refractivity contribution in [1.82, 2.24) is 5.32 Å². The van der Waals surface area contributed by atoms with Crippen molar-refractivity contribution in [3.05, 3.63) is 89.4 Å². The summed E-state index contributed by atoms with van der Waals surface area (Å²) in [6, 6.07) is 25.0. The Balaban J connectivity index is 1.33. The molecule has 5 nitrogen and oxygen atoms in total. The maximum atomic E-state index is 10.0. The number of aliphatic hydroxyl groups is 1. The first-order chi connectivity index (χ1) is 15.1. The van der Waals surface area contributed by atoms with Crippen LogP contribution in [0.5, 0.6) is 5.75 Å². The highest BCUT2D eigenvalue weighted by Gasteiger charge is 2.05. The molecule has 0 saturated heterocycles. The molecule has 1 atom stereocenters. The molecule has 0 saturated carbocycles. The molecule has 0 spiro atoms. The number of thiocarbonyl (C=S) groups is 1. The van der Waals surface area contributed by atoms with Crippen molar-refractivity contribution in [2.24, 2.45) is 0 Å². The van der Waals surface area contributed by atoms with E-state index in [1.807, 2.05) is 66.7 Å². The van der Waals surface area contributed by atoms with E-state index in [1.165, 1.54) is 5.56 Å². The van der Waals surface area contributed by atoms with Gasteiger partial charge in [-0.1, -0.05) is 54.1 Å². The normalized spacial score (nSPS) is 11.5. The first kappa shape index (κ1) is 23.0. The summed E-state index contributed by atoms with van der Waals surface area (Å²) in [6.07, 6.45) is 0.299. The summed E-state index contributed by atoms with van der Waals surface area (Å²) in [5.74, 6) is 0.761. The number of ether oxygens (including phenoxy) is 1. The van der Waals surface area contributed by atoms with Crippen molar-refractivity contribution in [3.8, 4) is 5.75 Å². The average Bonchev–Trinajstić information content (AvgIpc) is 2.78. The van der Waals surface area contributed by atoms with Crippen molar-refractivity contribution in [1.29, 1.82) is 0 Å².